The third-order valence-corrected chi connectivity index (χ3v) is 7.03. The number of aliphatic hydroxyl groups excluding tert-OH is 1. The fraction of sp³-hybridized carbons (Fsp3) is 0.194. The first kappa shape index (κ1) is 26.7. The second-order valence-electron chi connectivity index (χ2n) is 9.78. The number of anilines is 1. The number of aromatic amines is 1. The number of carbonyl (C=O) groups is 3. The second kappa shape index (κ2) is 11.1. The molecule has 2 atom stereocenters. The average molecular weight is 539 g/mol. The van der Waals surface area contributed by atoms with E-state index in [9.17, 15) is 19.5 Å². The van der Waals surface area contributed by atoms with Crippen molar-refractivity contribution in [3.8, 4) is 0 Å². The van der Waals surface area contributed by atoms with E-state index < -0.39 is 6.10 Å². The number of aromatic nitrogens is 1. The fourth-order valence-corrected chi connectivity index (χ4v) is 4.84. The normalized spacial score (nSPS) is 14.9. The molecule has 9 nitrogen and oxygen atoms in total. The number of aryl methyl sites for hydroxylation is 1. The summed E-state index contributed by atoms with van der Waals surface area (Å²) in [4.78, 5) is 42.1. The summed E-state index contributed by atoms with van der Waals surface area (Å²) in [5, 5.41) is 18.8. The van der Waals surface area contributed by atoms with E-state index in [1.807, 2.05) is 37.3 Å². The van der Waals surface area contributed by atoms with E-state index in [4.69, 9.17) is 4.42 Å². The Balaban J connectivity index is 1.36. The molecule has 3 amide bonds. The third kappa shape index (κ3) is 5.32. The molecule has 5 N–H and O–H groups in total. The first-order valence-corrected chi connectivity index (χ1v) is 12.9. The highest BCUT2D eigenvalue weighted by Crippen LogP contribution is 2.35. The van der Waals surface area contributed by atoms with Crippen LogP contribution in [0, 0.1) is 13.8 Å². The van der Waals surface area contributed by atoms with Crippen molar-refractivity contribution >= 4 is 35.1 Å². The molecule has 0 bridgehead atoms. The number of carbonyl (C=O) groups excluding carboxylic acids is 3. The lowest BCUT2D eigenvalue weighted by Crippen LogP contribution is -2.29. The summed E-state index contributed by atoms with van der Waals surface area (Å²) >= 11 is 0. The minimum absolute atomic E-state index is 0.0175. The smallest absolute Gasteiger partial charge is 0.256 e. The van der Waals surface area contributed by atoms with Crippen LogP contribution in [0.5, 0.6) is 0 Å². The van der Waals surface area contributed by atoms with E-state index >= 15 is 0 Å². The Morgan fingerprint density at radius 2 is 1.82 bits per heavy atom. The van der Waals surface area contributed by atoms with Gasteiger partial charge >= 0.3 is 0 Å². The van der Waals surface area contributed by atoms with Gasteiger partial charge in [0, 0.05) is 28.2 Å². The predicted molar refractivity (Wildman–Crippen MR) is 152 cm³/mol. The van der Waals surface area contributed by atoms with Crippen LogP contribution in [0.4, 0.5) is 5.69 Å². The maximum atomic E-state index is 13.0. The Morgan fingerprint density at radius 1 is 1.05 bits per heavy atom. The van der Waals surface area contributed by atoms with Gasteiger partial charge in [0.2, 0.25) is 0 Å². The molecule has 4 aromatic rings. The number of fused-ring (bicyclic) bond motifs is 1. The van der Waals surface area contributed by atoms with E-state index in [2.05, 4.69) is 20.9 Å². The first-order valence-electron chi connectivity index (χ1n) is 12.9. The molecule has 40 heavy (non-hydrogen) atoms. The van der Waals surface area contributed by atoms with Crippen LogP contribution >= 0.6 is 0 Å². The molecule has 2 aromatic heterocycles. The molecule has 1 aliphatic heterocycles. The number of aliphatic hydroxyl groups is 1. The maximum absolute atomic E-state index is 13.0. The van der Waals surface area contributed by atoms with Crippen molar-refractivity contribution in [2.24, 2.45) is 0 Å². The number of amides is 3. The van der Waals surface area contributed by atoms with Gasteiger partial charge in [-0.3, -0.25) is 14.4 Å². The number of hydrogen-bond acceptors (Lipinski definition) is 5. The van der Waals surface area contributed by atoms with Crippen LogP contribution in [0.15, 0.2) is 71.3 Å². The van der Waals surface area contributed by atoms with Crippen LogP contribution in [0.2, 0.25) is 0 Å². The molecule has 1 aliphatic rings. The van der Waals surface area contributed by atoms with Crippen molar-refractivity contribution in [2.75, 3.05) is 11.9 Å². The largest absolute Gasteiger partial charge is 0.467 e. The predicted octanol–water partition coefficient (Wildman–Crippen LogP) is 4.67. The SMILES string of the molecule is Cc1[nH]c(/C=C2\C(=O)Nc3ccc(C(=O)NC(C)c4ccccc4)cc32)c(C)c1C(=O)NCC(O)c1ccco1. The summed E-state index contributed by atoms with van der Waals surface area (Å²) in [6.45, 7) is 5.46. The van der Waals surface area contributed by atoms with Crippen LogP contribution in [-0.2, 0) is 4.79 Å². The summed E-state index contributed by atoms with van der Waals surface area (Å²) < 4.78 is 5.18. The lowest BCUT2D eigenvalue weighted by molar-refractivity contribution is -0.110. The number of furan rings is 1. The van der Waals surface area contributed by atoms with Gasteiger partial charge in [-0.1, -0.05) is 30.3 Å². The van der Waals surface area contributed by atoms with Gasteiger partial charge in [-0.15, -0.1) is 0 Å². The van der Waals surface area contributed by atoms with Gasteiger partial charge in [0.15, 0.2) is 0 Å². The van der Waals surface area contributed by atoms with E-state index in [0.717, 1.165) is 5.56 Å². The summed E-state index contributed by atoms with van der Waals surface area (Å²) in [6, 6.07) is 17.9. The van der Waals surface area contributed by atoms with Crippen LogP contribution in [0.25, 0.3) is 11.6 Å². The molecule has 0 fully saturated rings. The third-order valence-electron chi connectivity index (χ3n) is 7.03. The molecular formula is C31H30N4O5. The monoisotopic (exact) mass is 538 g/mol. The average Bonchev–Trinajstić information content (AvgIpc) is 3.66. The molecular weight excluding hydrogens is 508 g/mol. The number of benzene rings is 2. The topological polar surface area (TPSA) is 136 Å². The quantitative estimate of drug-likeness (QED) is 0.208. The molecule has 0 radical (unpaired) electrons. The van der Waals surface area contributed by atoms with Gasteiger partial charge in [-0.2, -0.15) is 0 Å². The highest BCUT2D eigenvalue weighted by atomic mass is 16.4. The Kier molecular flexibility index (Phi) is 7.39. The number of rotatable bonds is 8. The zero-order valence-corrected chi connectivity index (χ0v) is 22.4. The van der Waals surface area contributed by atoms with Gasteiger partial charge in [0.1, 0.15) is 11.9 Å². The Morgan fingerprint density at radius 3 is 2.55 bits per heavy atom. The molecule has 0 spiro atoms. The molecule has 2 unspecified atom stereocenters. The lowest BCUT2D eigenvalue weighted by atomic mass is 10.0. The molecule has 5 rings (SSSR count). The summed E-state index contributed by atoms with van der Waals surface area (Å²) in [5.41, 5.74) is 5.31. The van der Waals surface area contributed by atoms with Crippen LogP contribution in [0.3, 0.4) is 0 Å². The van der Waals surface area contributed by atoms with Gasteiger partial charge in [0.05, 0.1) is 30.0 Å². The molecule has 0 aliphatic carbocycles. The van der Waals surface area contributed by atoms with Crippen molar-refractivity contribution < 1.29 is 23.9 Å². The number of H-pyrrole nitrogens is 1. The minimum Gasteiger partial charge on any atom is -0.467 e. The molecule has 0 saturated carbocycles. The zero-order valence-electron chi connectivity index (χ0n) is 22.4. The van der Waals surface area contributed by atoms with E-state index in [-0.39, 0.29) is 30.3 Å². The van der Waals surface area contributed by atoms with Gasteiger partial charge < -0.3 is 30.5 Å². The van der Waals surface area contributed by atoms with E-state index in [1.165, 1.54) is 6.26 Å². The zero-order chi connectivity index (χ0) is 28.4. The molecule has 3 heterocycles. The van der Waals surface area contributed by atoms with Crippen molar-refractivity contribution in [1.29, 1.82) is 0 Å². The van der Waals surface area contributed by atoms with Crippen LogP contribution < -0.4 is 16.0 Å². The molecule has 204 valence electrons. The standard InChI is InChI=1S/C31H30N4O5/c1-17-25(33-19(3)28(17)31(39)32-16-26(36)27-10-7-13-40-27)15-23-22-14-21(11-12-24(22)35-30(23)38)29(37)34-18(2)20-8-5-4-6-9-20/h4-15,18,26,33,36H,16H2,1-3H3,(H,32,39)(H,34,37)(H,35,38)/b23-15-. The number of nitrogens with one attached hydrogen (secondary N) is 4. The Labute approximate surface area is 231 Å². The summed E-state index contributed by atoms with van der Waals surface area (Å²) in [6.07, 6.45) is 2.17. The fourth-order valence-electron chi connectivity index (χ4n) is 4.84. The van der Waals surface area contributed by atoms with Crippen molar-refractivity contribution in [3.05, 3.63) is 112 Å². The van der Waals surface area contributed by atoms with Crippen molar-refractivity contribution in [2.45, 2.75) is 32.9 Å². The van der Waals surface area contributed by atoms with Gasteiger partial charge in [-0.05, 0) is 68.3 Å². The van der Waals surface area contributed by atoms with Gasteiger partial charge in [0.25, 0.3) is 17.7 Å². The van der Waals surface area contributed by atoms with Crippen LogP contribution in [-0.4, -0.2) is 34.4 Å². The van der Waals surface area contributed by atoms with E-state index in [0.29, 0.717) is 50.7 Å². The lowest BCUT2D eigenvalue weighted by Gasteiger charge is -2.14. The molecule has 0 saturated heterocycles. The number of hydrogen-bond donors (Lipinski definition) is 5. The molecule has 9 heteroatoms. The summed E-state index contributed by atoms with van der Waals surface area (Å²) in [5.74, 6) is -0.545. The Bertz CT molecular complexity index is 1600. The van der Waals surface area contributed by atoms with Crippen molar-refractivity contribution in [3.63, 3.8) is 0 Å². The first-order chi connectivity index (χ1) is 19.2. The maximum Gasteiger partial charge on any atom is 0.256 e. The summed E-state index contributed by atoms with van der Waals surface area (Å²) in [7, 11) is 0. The molecule has 2 aromatic carbocycles. The Hall–Kier alpha value is -4.89. The van der Waals surface area contributed by atoms with Crippen LogP contribution in [0.1, 0.15) is 73.6 Å². The highest BCUT2D eigenvalue weighted by Gasteiger charge is 2.27. The van der Waals surface area contributed by atoms with Gasteiger partial charge in [-0.25, -0.2) is 0 Å². The highest BCUT2D eigenvalue weighted by molar-refractivity contribution is 6.35. The second-order valence-corrected chi connectivity index (χ2v) is 9.78. The minimum atomic E-state index is -0.971. The van der Waals surface area contributed by atoms with E-state index in [1.54, 1.807) is 50.3 Å². The van der Waals surface area contributed by atoms with Crippen molar-refractivity contribution in [1.82, 2.24) is 15.6 Å².